The Morgan fingerprint density at radius 3 is 2.73 bits per heavy atom. The minimum absolute atomic E-state index is 0.0566. The van der Waals surface area contributed by atoms with E-state index in [0.717, 1.165) is 58.0 Å². The molecule has 4 heterocycles. The zero-order chi connectivity index (χ0) is 22.5. The fourth-order valence-corrected chi connectivity index (χ4v) is 4.74. The van der Waals surface area contributed by atoms with Gasteiger partial charge in [0, 0.05) is 30.6 Å². The lowest BCUT2D eigenvalue weighted by atomic mass is 9.96. The van der Waals surface area contributed by atoms with E-state index in [2.05, 4.69) is 55.4 Å². The molecule has 3 N–H and O–H groups in total. The first kappa shape index (κ1) is 19.5. The first-order chi connectivity index (χ1) is 16.1. The van der Waals surface area contributed by atoms with Crippen LogP contribution in [0, 0.1) is 6.92 Å². The molecule has 5 aromatic rings. The lowest BCUT2D eigenvalue weighted by molar-refractivity contribution is 0.679. The molecule has 0 saturated heterocycles. The molecule has 1 atom stereocenters. The molecule has 6 rings (SSSR count). The van der Waals surface area contributed by atoms with Gasteiger partial charge in [-0.05, 0) is 60.9 Å². The molecule has 8 heteroatoms. The number of aryl methyl sites for hydroxylation is 3. The molecule has 33 heavy (non-hydrogen) atoms. The first-order valence-electron chi connectivity index (χ1n) is 11.0. The van der Waals surface area contributed by atoms with Gasteiger partial charge in [-0.2, -0.15) is 5.10 Å². The highest BCUT2D eigenvalue weighted by Crippen LogP contribution is 2.37. The maximum atomic E-state index is 5.80. The standard InChI is InChI=1S/C25H24N8/c1-15-29-30-24-12-9-20(28-25-18-5-3-4-6-21(18)32(2)31-25)19-13-16(7-10-22(19)33(15)24)17-8-11-23(26)27-14-17/h3-8,10-11,13-14,20H,9,12H2,1-2H3,(H2,26,27)(H,28,31). The van der Waals surface area contributed by atoms with Crippen molar-refractivity contribution in [2.24, 2.45) is 7.05 Å². The zero-order valence-corrected chi connectivity index (χ0v) is 18.5. The highest BCUT2D eigenvalue weighted by molar-refractivity contribution is 5.90. The molecular weight excluding hydrogens is 412 g/mol. The number of fused-ring (bicyclic) bond motifs is 4. The maximum Gasteiger partial charge on any atom is 0.156 e. The van der Waals surface area contributed by atoms with E-state index in [1.54, 1.807) is 0 Å². The van der Waals surface area contributed by atoms with E-state index in [4.69, 9.17) is 10.8 Å². The van der Waals surface area contributed by atoms with Crippen molar-refractivity contribution in [2.45, 2.75) is 25.8 Å². The molecule has 2 aromatic carbocycles. The van der Waals surface area contributed by atoms with Crippen LogP contribution in [0.5, 0.6) is 0 Å². The molecule has 0 bridgehead atoms. The van der Waals surface area contributed by atoms with Crippen LogP contribution in [-0.4, -0.2) is 29.5 Å². The van der Waals surface area contributed by atoms with Gasteiger partial charge in [0.05, 0.1) is 17.2 Å². The van der Waals surface area contributed by atoms with Gasteiger partial charge in [0.2, 0.25) is 0 Å². The largest absolute Gasteiger partial charge is 0.384 e. The maximum absolute atomic E-state index is 5.80. The second kappa shape index (κ2) is 7.44. The van der Waals surface area contributed by atoms with Gasteiger partial charge in [0.15, 0.2) is 5.82 Å². The van der Waals surface area contributed by atoms with Gasteiger partial charge in [-0.15, -0.1) is 10.2 Å². The molecule has 0 spiro atoms. The number of nitrogens with zero attached hydrogens (tertiary/aromatic N) is 6. The van der Waals surface area contributed by atoms with E-state index in [1.807, 2.05) is 49.1 Å². The quantitative estimate of drug-likeness (QED) is 0.440. The Balaban J connectivity index is 1.49. The third-order valence-electron chi connectivity index (χ3n) is 6.38. The summed E-state index contributed by atoms with van der Waals surface area (Å²) in [4.78, 5) is 4.28. The number of pyridine rings is 1. The number of hydrogen-bond donors (Lipinski definition) is 2. The monoisotopic (exact) mass is 436 g/mol. The summed E-state index contributed by atoms with van der Waals surface area (Å²) in [7, 11) is 1.98. The number of nitrogens with two attached hydrogens (primary N) is 1. The van der Waals surface area contributed by atoms with Crippen LogP contribution in [0.2, 0.25) is 0 Å². The Bertz CT molecular complexity index is 1480. The van der Waals surface area contributed by atoms with Crippen LogP contribution in [0.15, 0.2) is 60.8 Å². The van der Waals surface area contributed by atoms with Crippen molar-refractivity contribution >= 4 is 22.5 Å². The molecule has 0 amide bonds. The van der Waals surface area contributed by atoms with Crippen molar-refractivity contribution in [1.29, 1.82) is 0 Å². The number of benzene rings is 2. The number of hydrogen-bond acceptors (Lipinski definition) is 6. The van der Waals surface area contributed by atoms with Gasteiger partial charge in [0.1, 0.15) is 17.5 Å². The van der Waals surface area contributed by atoms with E-state index in [9.17, 15) is 0 Å². The summed E-state index contributed by atoms with van der Waals surface area (Å²) in [5.41, 5.74) is 11.3. The number of nitrogens with one attached hydrogen (secondary N) is 1. The molecule has 0 aliphatic carbocycles. The second-order valence-electron chi connectivity index (χ2n) is 8.47. The molecule has 1 unspecified atom stereocenters. The van der Waals surface area contributed by atoms with Gasteiger partial charge in [0.25, 0.3) is 0 Å². The third kappa shape index (κ3) is 3.22. The molecule has 1 aliphatic heterocycles. The molecule has 0 radical (unpaired) electrons. The predicted octanol–water partition coefficient (Wildman–Crippen LogP) is 4.21. The lowest BCUT2D eigenvalue weighted by Gasteiger charge is -2.21. The topological polar surface area (TPSA) is 99.5 Å². The third-order valence-corrected chi connectivity index (χ3v) is 6.38. The molecule has 1 aliphatic rings. The van der Waals surface area contributed by atoms with E-state index in [0.29, 0.717) is 5.82 Å². The smallest absolute Gasteiger partial charge is 0.156 e. The van der Waals surface area contributed by atoms with Crippen molar-refractivity contribution in [3.8, 4) is 16.8 Å². The highest BCUT2D eigenvalue weighted by atomic mass is 15.3. The molecule has 8 nitrogen and oxygen atoms in total. The van der Waals surface area contributed by atoms with Crippen LogP contribution in [0.1, 0.15) is 29.7 Å². The molecule has 3 aromatic heterocycles. The van der Waals surface area contributed by atoms with Crippen molar-refractivity contribution in [3.05, 3.63) is 78.0 Å². The van der Waals surface area contributed by atoms with Crippen molar-refractivity contribution < 1.29 is 0 Å². The van der Waals surface area contributed by atoms with Crippen molar-refractivity contribution in [2.75, 3.05) is 11.1 Å². The summed E-state index contributed by atoms with van der Waals surface area (Å²) in [5.74, 6) is 3.26. The average Bonchev–Trinajstić information content (AvgIpc) is 3.30. The van der Waals surface area contributed by atoms with Gasteiger partial charge >= 0.3 is 0 Å². The summed E-state index contributed by atoms with van der Waals surface area (Å²) < 4.78 is 4.09. The molecular formula is C25H24N8. The van der Waals surface area contributed by atoms with Crippen LogP contribution in [0.25, 0.3) is 27.7 Å². The van der Waals surface area contributed by atoms with E-state index >= 15 is 0 Å². The van der Waals surface area contributed by atoms with E-state index < -0.39 is 0 Å². The summed E-state index contributed by atoms with van der Waals surface area (Å²) in [6.07, 6.45) is 3.51. The van der Waals surface area contributed by atoms with Crippen LogP contribution in [-0.2, 0) is 13.5 Å². The van der Waals surface area contributed by atoms with Gasteiger partial charge in [-0.1, -0.05) is 18.2 Å². The van der Waals surface area contributed by atoms with E-state index in [-0.39, 0.29) is 6.04 Å². The fraction of sp³-hybridized carbons (Fsp3) is 0.200. The number of anilines is 2. The number of rotatable bonds is 3. The Morgan fingerprint density at radius 1 is 1.03 bits per heavy atom. The summed E-state index contributed by atoms with van der Waals surface area (Å²) in [6.45, 7) is 2.00. The lowest BCUT2D eigenvalue weighted by Crippen LogP contribution is -2.13. The van der Waals surface area contributed by atoms with Crippen LogP contribution < -0.4 is 11.1 Å². The normalized spacial score (nSPS) is 15.2. The van der Waals surface area contributed by atoms with Crippen LogP contribution in [0.4, 0.5) is 11.6 Å². The van der Waals surface area contributed by atoms with Crippen molar-refractivity contribution in [3.63, 3.8) is 0 Å². The van der Waals surface area contributed by atoms with E-state index in [1.165, 1.54) is 5.56 Å². The van der Waals surface area contributed by atoms with Crippen LogP contribution >= 0.6 is 0 Å². The summed E-state index contributed by atoms with van der Waals surface area (Å²) >= 11 is 0. The van der Waals surface area contributed by atoms with Crippen LogP contribution in [0.3, 0.4) is 0 Å². The number of para-hydroxylation sites is 1. The Hall–Kier alpha value is -4.20. The predicted molar refractivity (Wildman–Crippen MR) is 129 cm³/mol. The Kier molecular flexibility index (Phi) is 4.39. The molecule has 0 fully saturated rings. The second-order valence-corrected chi connectivity index (χ2v) is 8.47. The van der Waals surface area contributed by atoms with Gasteiger partial charge in [-0.3, -0.25) is 9.25 Å². The van der Waals surface area contributed by atoms with Gasteiger partial charge < -0.3 is 11.1 Å². The Morgan fingerprint density at radius 2 is 1.88 bits per heavy atom. The average molecular weight is 437 g/mol. The summed E-state index contributed by atoms with van der Waals surface area (Å²) in [5, 5.41) is 18.4. The van der Waals surface area contributed by atoms with Crippen molar-refractivity contribution in [1.82, 2.24) is 29.5 Å². The zero-order valence-electron chi connectivity index (χ0n) is 18.5. The summed E-state index contributed by atoms with van der Waals surface area (Å²) in [6, 6.07) is 18.7. The minimum atomic E-state index is 0.0566. The fourth-order valence-electron chi connectivity index (χ4n) is 4.74. The highest BCUT2D eigenvalue weighted by Gasteiger charge is 2.26. The van der Waals surface area contributed by atoms with Gasteiger partial charge in [-0.25, -0.2) is 4.98 Å². The SMILES string of the molecule is Cc1nnc2n1-c1ccc(-c3ccc(N)nc3)cc1C(Nc1nn(C)c3ccccc13)CC2. The Labute approximate surface area is 191 Å². The first-order valence-corrected chi connectivity index (χ1v) is 11.0. The molecule has 0 saturated carbocycles. The number of nitrogen functional groups attached to an aromatic ring is 1. The molecule has 164 valence electrons. The number of aromatic nitrogens is 6. The minimum Gasteiger partial charge on any atom is -0.384 e.